The van der Waals surface area contributed by atoms with Crippen LogP contribution in [-0.2, 0) is 0 Å². The van der Waals surface area contributed by atoms with Gasteiger partial charge in [0.25, 0.3) is 0 Å². The first kappa shape index (κ1) is 18.0. The first-order valence-corrected chi connectivity index (χ1v) is 8.99. The summed E-state index contributed by atoms with van der Waals surface area (Å²) in [6.45, 7) is 0. The van der Waals surface area contributed by atoms with Crippen molar-refractivity contribution in [1.82, 2.24) is 9.97 Å². The van der Waals surface area contributed by atoms with Crippen molar-refractivity contribution in [2.24, 2.45) is 0 Å². The summed E-state index contributed by atoms with van der Waals surface area (Å²) in [5.41, 5.74) is 2.11. The summed E-state index contributed by atoms with van der Waals surface area (Å²) in [6, 6.07) is 28.3. The summed E-state index contributed by atoms with van der Waals surface area (Å²) in [5, 5.41) is 15.4. The Morgan fingerprint density at radius 1 is 0.828 bits per heavy atom. The molecule has 6 heteroatoms. The minimum Gasteiger partial charge on any atom is -0.455 e. The Labute approximate surface area is 168 Å². The number of benzene rings is 3. The molecule has 2 N–H and O–H groups in total. The molecule has 0 saturated heterocycles. The van der Waals surface area contributed by atoms with Gasteiger partial charge >= 0.3 is 0 Å². The Morgan fingerprint density at radius 3 is 2.52 bits per heavy atom. The number of rotatable bonds is 6. The van der Waals surface area contributed by atoms with E-state index in [2.05, 4.69) is 26.7 Å². The van der Waals surface area contributed by atoms with Crippen LogP contribution in [0.5, 0.6) is 11.5 Å². The van der Waals surface area contributed by atoms with Crippen molar-refractivity contribution < 1.29 is 4.74 Å². The number of nitriles is 1. The van der Waals surface area contributed by atoms with Crippen molar-refractivity contribution in [3.8, 4) is 17.6 Å². The van der Waals surface area contributed by atoms with Gasteiger partial charge in [-0.05, 0) is 48.5 Å². The molecule has 0 radical (unpaired) electrons. The Morgan fingerprint density at radius 2 is 1.66 bits per heavy atom. The summed E-state index contributed by atoms with van der Waals surface area (Å²) in [4.78, 5) is 8.78. The monoisotopic (exact) mass is 379 g/mol. The molecule has 0 aliphatic heterocycles. The molecule has 0 unspecified atom stereocenters. The summed E-state index contributed by atoms with van der Waals surface area (Å²) in [6.07, 6.45) is 1.66. The van der Waals surface area contributed by atoms with Crippen LogP contribution in [0, 0.1) is 11.3 Å². The highest BCUT2D eigenvalue weighted by Gasteiger charge is 2.07. The molecule has 29 heavy (non-hydrogen) atoms. The first-order valence-electron chi connectivity index (χ1n) is 8.99. The Balaban J connectivity index is 1.53. The molecule has 0 aliphatic rings. The van der Waals surface area contributed by atoms with Crippen molar-refractivity contribution in [2.75, 3.05) is 10.6 Å². The third-order valence-electron chi connectivity index (χ3n) is 4.02. The molecule has 0 atom stereocenters. The lowest BCUT2D eigenvalue weighted by Crippen LogP contribution is -2.01. The standard InChI is InChI=1S/C23H17N5O/c24-16-17-7-6-8-18(15-17)26-22-13-14-25-23(28-22)27-20-11-4-5-12-21(20)29-19-9-2-1-3-10-19/h1-15H,(H2,25,26,27,28). The number of hydrogen-bond donors (Lipinski definition) is 2. The van der Waals surface area contributed by atoms with Gasteiger partial charge in [-0.25, -0.2) is 4.98 Å². The molecule has 1 heterocycles. The first-order chi connectivity index (χ1) is 14.3. The number of nitrogens with one attached hydrogen (secondary N) is 2. The highest BCUT2D eigenvalue weighted by atomic mass is 16.5. The average molecular weight is 379 g/mol. The van der Waals surface area contributed by atoms with Crippen LogP contribution in [0.3, 0.4) is 0 Å². The molecule has 3 aromatic carbocycles. The van der Waals surface area contributed by atoms with Gasteiger partial charge in [0.1, 0.15) is 11.6 Å². The molecule has 0 aliphatic carbocycles. The fraction of sp³-hybridized carbons (Fsp3) is 0. The van der Waals surface area contributed by atoms with Crippen molar-refractivity contribution in [1.29, 1.82) is 5.26 Å². The highest BCUT2D eigenvalue weighted by Crippen LogP contribution is 2.30. The maximum atomic E-state index is 9.04. The normalized spacial score (nSPS) is 10.0. The molecule has 140 valence electrons. The van der Waals surface area contributed by atoms with E-state index in [-0.39, 0.29) is 0 Å². The SMILES string of the molecule is N#Cc1cccc(Nc2ccnc(Nc3ccccc3Oc3ccccc3)n2)c1. The van der Waals surface area contributed by atoms with Gasteiger partial charge in [-0.2, -0.15) is 10.2 Å². The van der Waals surface area contributed by atoms with E-state index in [0.717, 1.165) is 17.1 Å². The molecular formula is C23H17N5O. The Bertz CT molecular complexity index is 1160. The minimum atomic E-state index is 0.426. The van der Waals surface area contributed by atoms with Gasteiger partial charge in [0, 0.05) is 11.9 Å². The van der Waals surface area contributed by atoms with E-state index >= 15 is 0 Å². The second-order valence-corrected chi connectivity index (χ2v) is 6.12. The van der Waals surface area contributed by atoms with Crippen LogP contribution in [0.4, 0.5) is 23.1 Å². The van der Waals surface area contributed by atoms with Crippen LogP contribution in [0.1, 0.15) is 5.56 Å². The molecule has 0 saturated carbocycles. The van der Waals surface area contributed by atoms with Gasteiger partial charge in [0.2, 0.25) is 5.95 Å². The zero-order valence-corrected chi connectivity index (χ0v) is 15.4. The fourth-order valence-electron chi connectivity index (χ4n) is 2.70. The predicted molar refractivity (Wildman–Crippen MR) is 113 cm³/mol. The lowest BCUT2D eigenvalue weighted by atomic mass is 10.2. The van der Waals surface area contributed by atoms with Crippen molar-refractivity contribution in [3.05, 3.63) is 96.7 Å². The number of para-hydroxylation sites is 3. The van der Waals surface area contributed by atoms with Crippen LogP contribution >= 0.6 is 0 Å². The molecule has 6 nitrogen and oxygen atoms in total. The maximum Gasteiger partial charge on any atom is 0.229 e. The molecule has 1 aromatic heterocycles. The van der Waals surface area contributed by atoms with Crippen molar-refractivity contribution >= 4 is 23.1 Å². The molecule has 4 aromatic rings. The van der Waals surface area contributed by atoms with Crippen molar-refractivity contribution in [3.63, 3.8) is 0 Å². The molecular weight excluding hydrogens is 362 g/mol. The lowest BCUT2D eigenvalue weighted by Gasteiger charge is -2.13. The van der Waals surface area contributed by atoms with Gasteiger partial charge in [-0.1, -0.05) is 36.4 Å². The van der Waals surface area contributed by atoms with Crippen LogP contribution in [0.2, 0.25) is 0 Å². The molecule has 4 rings (SSSR count). The summed E-state index contributed by atoms with van der Waals surface area (Å²) < 4.78 is 5.97. The average Bonchev–Trinajstić information content (AvgIpc) is 2.76. The van der Waals surface area contributed by atoms with Crippen LogP contribution in [0.15, 0.2) is 91.1 Å². The molecule has 0 amide bonds. The number of hydrogen-bond acceptors (Lipinski definition) is 6. The molecule has 0 bridgehead atoms. The lowest BCUT2D eigenvalue weighted by molar-refractivity contribution is 0.485. The van der Waals surface area contributed by atoms with E-state index in [1.165, 1.54) is 0 Å². The number of ether oxygens (including phenoxy) is 1. The largest absolute Gasteiger partial charge is 0.455 e. The number of anilines is 4. The topological polar surface area (TPSA) is 82.9 Å². The fourth-order valence-corrected chi connectivity index (χ4v) is 2.70. The third-order valence-corrected chi connectivity index (χ3v) is 4.02. The van der Waals surface area contributed by atoms with E-state index in [4.69, 9.17) is 10.00 Å². The van der Waals surface area contributed by atoms with Crippen molar-refractivity contribution in [2.45, 2.75) is 0 Å². The number of aromatic nitrogens is 2. The molecule has 0 fully saturated rings. The smallest absolute Gasteiger partial charge is 0.229 e. The zero-order chi connectivity index (χ0) is 19.9. The highest BCUT2D eigenvalue weighted by molar-refractivity contribution is 5.65. The zero-order valence-electron chi connectivity index (χ0n) is 15.4. The maximum absolute atomic E-state index is 9.04. The Kier molecular flexibility index (Phi) is 5.31. The van der Waals surface area contributed by atoms with E-state index in [1.54, 1.807) is 24.4 Å². The Hall–Kier alpha value is -4.37. The van der Waals surface area contributed by atoms with Gasteiger partial charge in [0.15, 0.2) is 5.75 Å². The van der Waals surface area contributed by atoms with Crippen LogP contribution in [0.25, 0.3) is 0 Å². The van der Waals surface area contributed by atoms with Gasteiger partial charge in [-0.15, -0.1) is 0 Å². The predicted octanol–water partition coefficient (Wildman–Crippen LogP) is 5.63. The van der Waals surface area contributed by atoms with Gasteiger partial charge in [-0.3, -0.25) is 0 Å². The minimum absolute atomic E-state index is 0.426. The number of nitrogens with zero attached hydrogens (tertiary/aromatic N) is 3. The van der Waals surface area contributed by atoms with Crippen LogP contribution in [-0.4, -0.2) is 9.97 Å². The van der Waals surface area contributed by atoms with E-state index in [9.17, 15) is 0 Å². The van der Waals surface area contributed by atoms with E-state index in [1.807, 2.05) is 66.7 Å². The molecule has 0 spiro atoms. The van der Waals surface area contributed by atoms with E-state index in [0.29, 0.717) is 23.1 Å². The van der Waals surface area contributed by atoms with Crippen LogP contribution < -0.4 is 15.4 Å². The second kappa shape index (κ2) is 8.55. The van der Waals surface area contributed by atoms with Gasteiger partial charge < -0.3 is 15.4 Å². The quantitative estimate of drug-likeness (QED) is 0.452. The summed E-state index contributed by atoms with van der Waals surface area (Å²) >= 11 is 0. The summed E-state index contributed by atoms with van der Waals surface area (Å²) in [5.74, 6) is 2.45. The second-order valence-electron chi connectivity index (χ2n) is 6.12. The third kappa shape index (κ3) is 4.67. The van der Waals surface area contributed by atoms with E-state index < -0.39 is 0 Å². The summed E-state index contributed by atoms with van der Waals surface area (Å²) in [7, 11) is 0. The van der Waals surface area contributed by atoms with Gasteiger partial charge in [0.05, 0.1) is 17.3 Å².